The molecule has 0 aromatic heterocycles. The molecule has 0 bridgehead atoms. The lowest BCUT2D eigenvalue weighted by molar-refractivity contribution is 0.0743. The highest BCUT2D eigenvalue weighted by molar-refractivity contribution is 7.98. The second-order valence-electron chi connectivity index (χ2n) is 7.40. The van der Waals surface area contributed by atoms with E-state index < -0.39 is 0 Å². The van der Waals surface area contributed by atoms with E-state index in [1.807, 2.05) is 34.9 Å². The van der Waals surface area contributed by atoms with Crippen LogP contribution in [0, 0.1) is 19.8 Å². The molecule has 1 saturated heterocycles. The Kier molecular flexibility index (Phi) is 7.78. The van der Waals surface area contributed by atoms with Crippen LogP contribution in [0.15, 0.2) is 47.4 Å². The summed E-state index contributed by atoms with van der Waals surface area (Å²) in [6, 6.07) is 14.9. The molecule has 3 rings (SSSR count). The molecule has 1 aliphatic heterocycles. The Balaban J connectivity index is 0.00000261. The molecular formula is C22H29ClN2OS. The Morgan fingerprint density at radius 1 is 1.22 bits per heavy atom. The molecule has 146 valence electrons. The summed E-state index contributed by atoms with van der Waals surface area (Å²) in [4.78, 5) is 16.2. The van der Waals surface area contributed by atoms with Gasteiger partial charge in [-0.15, -0.1) is 24.2 Å². The van der Waals surface area contributed by atoms with Crippen LogP contribution in [0.2, 0.25) is 0 Å². The number of hydrogen-bond donors (Lipinski definition) is 1. The molecule has 1 fully saturated rings. The Hall–Kier alpha value is -1.49. The molecular weight excluding hydrogens is 376 g/mol. The highest BCUT2D eigenvalue weighted by atomic mass is 35.5. The number of carbonyl (C=O) groups excluding carboxylic acids is 1. The number of nitrogens with two attached hydrogens (primary N) is 1. The van der Waals surface area contributed by atoms with Crippen molar-refractivity contribution in [2.24, 2.45) is 11.7 Å². The van der Waals surface area contributed by atoms with Crippen molar-refractivity contribution in [3.05, 3.63) is 64.7 Å². The molecule has 1 aliphatic rings. The van der Waals surface area contributed by atoms with Gasteiger partial charge in [-0.2, -0.15) is 0 Å². The maximum atomic E-state index is 12.9. The summed E-state index contributed by atoms with van der Waals surface area (Å²) in [6.07, 6.45) is 1.00. The van der Waals surface area contributed by atoms with Crippen molar-refractivity contribution in [1.82, 2.24) is 4.90 Å². The molecule has 1 heterocycles. The third-order valence-electron chi connectivity index (χ3n) is 5.15. The number of thioether (sulfide) groups is 1. The van der Waals surface area contributed by atoms with Crippen molar-refractivity contribution in [3.63, 3.8) is 0 Å². The third-order valence-corrected chi connectivity index (χ3v) is 6.40. The Morgan fingerprint density at radius 3 is 2.67 bits per heavy atom. The molecule has 0 spiro atoms. The molecule has 2 N–H and O–H groups in total. The number of halogens is 1. The van der Waals surface area contributed by atoms with Crippen LogP contribution in [0.4, 0.5) is 0 Å². The highest BCUT2D eigenvalue weighted by Gasteiger charge is 2.32. The van der Waals surface area contributed by atoms with Crippen molar-refractivity contribution in [3.8, 4) is 0 Å². The average molecular weight is 405 g/mol. The fourth-order valence-corrected chi connectivity index (χ4v) is 4.63. The summed E-state index contributed by atoms with van der Waals surface area (Å²) in [7, 11) is 0. The SMILES string of the molecule is Cc1ccc(SCc2cccc(C(=O)N3CC(CN)CC3C)c2)c(C)c1.Cl. The van der Waals surface area contributed by atoms with E-state index in [0.717, 1.165) is 24.3 Å². The zero-order valence-electron chi connectivity index (χ0n) is 16.3. The van der Waals surface area contributed by atoms with Crippen LogP contribution in [0.3, 0.4) is 0 Å². The summed E-state index contributed by atoms with van der Waals surface area (Å²) in [6.45, 7) is 7.81. The predicted octanol–water partition coefficient (Wildman–Crippen LogP) is 4.83. The van der Waals surface area contributed by atoms with E-state index in [2.05, 4.69) is 45.0 Å². The number of aryl methyl sites for hydroxylation is 2. The van der Waals surface area contributed by atoms with E-state index >= 15 is 0 Å². The molecule has 3 nitrogen and oxygen atoms in total. The predicted molar refractivity (Wildman–Crippen MR) is 117 cm³/mol. The lowest BCUT2D eigenvalue weighted by atomic mass is 10.1. The van der Waals surface area contributed by atoms with E-state index in [4.69, 9.17) is 5.73 Å². The van der Waals surface area contributed by atoms with E-state index in [-0.39, 0.29) is 24.4 Å². The lowest BCUT2D eigenvalue weighted by Gasteiger charge is -2.22. The monoisotopic (exact) mass is 404 g/mol. The van der Waals surface area contributed by atoms with E-state index in [0.29, 0.717) is 12.5 Å². The topological polar surface area (TPSA) is 46.3 Å². The van der Waals surface area contributed by atoms with Gasteiger partial charge in [0.05, 0.1) is 0 Å². The van der Waals surface area contributed by atoms with Gasteiger partial charge < -0.3 is 10.6 Å². The van der Waals surface area contributed by atoms with Gasteiger partial charge in [-0.3, -0.25) is 4.79 Å². The second kappa shape index (κ2) is 9.63. The molecule has 0 radical (unpaired) electrons. The van der Waals surface area contributed by atoms with Crippen molar-refractivity contribution in [2.75, 3.05) is 13.1 Å². The van der Waals surface area contributed by atoms with Gasteiger partial charge in [-0.05, 0) is 69.0 Å². The van der Waals surface area contributed by atoms with Crippen molar-refractivity contribution in [2.45, 2.75) is 43.9 Å². The van der Waals surface area contributed by atoms with Gasteiger partial charge in [0, 0.05) is 28.8 Å². The van der Waals surface area contributed by atoms with E-state index in [1.165, 1.54) is 21.6 Å². The molecule has 27 heavy (non-hydrogen) atoms. The standard InChI is InChI=1S/C22H28N2OS.ClH/c1-15-7-8-21(16(2)9-15)26-14-18-5-4-6-20(11-18)22(25)24-13-19(12-23)10-17(24)3;/h4-9,11,17,19H,10,12-14,23H2,1-3H3;1H. The fraction of sp³-hybridized carbons (Fsp3) is 0.409. The smallest absolute Gasteiger partial charge is 0.254 e. The van der Waals surface area contributed by atoms with Gasteiger partial charge in [0.25, 0.3) is 5.91 Å². The minimum Gasteiger partial charge on any atom is -0.336 e. The molecule has 0 aliphatic carbocycles. The normalized spacial score (nSPS) is 19.0. The molecule has 2 atom stereocenters. The second-order valence-corrected chi connectivity index (χ2v) is 8.42. The fourth-order valence-electron chi connectivity index (χ4n) is 3.68. The van der Waals surface area contributed by atoms with Crippen LogP contribution < -0.4 is 5.73 Å². The zero-order chi connectivity index (χ0) is 18.7. The molecule has 2 aromatic carbocycles. The van der Waals surface area contributed by atoms with Crippen LogP contribution in [0.25, 0.3) is 0 Å². The largest absolute Gasteiger partial charge is 0.336 e. The van der Waals surface area contributed by atoms with Gasteiger partial charge in [-0.1, -0.05) is 29.8 Å². The summed E-state index contributed by atoms with van der Waals surface area (Å²) in [5.41, 5.74) is 10.4. The van der Waals surface area contributed by atoms with Gasteiger partial charge in [0.15, 0.2) is 0 Å². The number of nitrogens with zero attached hydrogens (tertiary/aromatic N) is 1. The number of likely N-dealkylation sites (tertiary alicyclic amines) is 1. The average Bonchev–Trinajstić information content (AvgIpc) is 3.01. The summed E-state index contributed by atoms with van der Waals surface area (Å²) in [5.74, 6) is 1.43. The van der Waals surface area contributed by atoms with Crippen LogP contribution in [-0.2, 0) is 5.75 Å². The van der Waals surface area contributed by atoms with Gasteiger partial charge >= 0.3 is 0 Å². The number of hydrogen-bond acceptors (Lipinski definition) is 3. The minimum absolute atomic E-state index is 0. The van der Waals surface area contributed by atoms with Crippen LogP contribution in [-0.4, -0.2) is 29.9 Å². The summed E-state index contributed by atoms with van der Waals surface area (Å²) >= 11 is 1.82. The first kappa shape index (κ1) is 21.8. The van der Waals surface area contributed by atoms with Crippen LogP contribution in [0.5, 0.6) is 0 Å². The Morgan fingerprint density at radius 2 is 2.00 bits per heavy atom. The van der Waals surface area contributed by atoms with Crippen molar-refractivity contribution >= 4 is 30.1 Å². The van der Waals surface area contributed by atoms with Gasteiger partial charge in [0.2, 0.25) is 0 Å². The van der Waals surface area contributed by atoms with E-state index in [9.17, 15) is 4.79 Å². The molecule has 2 aromatic rings. The molecule has 1 amide bonds. The Bertz CT molecular complexity index is 796. The first-order valence-electron chi connectivity index (χ1n) is 9.28. The molecule has 5 heteroatoms. The third kappa shape index (κ3) is 5.28. The van der Waals surface area contributed by atoms with Gasteiger partial charge in [-0.25, -0.2) is 0 Å². The lowest BCUT2D eigenvalue weighted by Crippen LogP contribution is -2.34. The van der Waals surface area contributed by atoms with Crippen molar-refractivity contribution < 1.29 is 4.79 Å². The number of carbonyl (C=O) groups is 1. The maximum absolute atomic E-state index is 12.9. The maximum Gasteiger partial charge on any atom is 0.254 e. The number of benzene rings is 2. The highest BCUT2D eigenvalue weighted by Crippen LogP contribution is 2.28. The van der Waals surface area contributed by atoms with Crippen molar-refractivity contribution in [1.29, 1.82) is 0 Å². The summed E-state index contributed by atoms with van der Waals surface area (Å²) < 4.78 is 0. The first-order chi connectivity index (χ1) is 12.5. The Labute approximate surface area is 173 Å². The summed E-state index contributed by atoms with van der Waals surface area (Å²) in [5, 5.41) is 0. The molecule has 2 unspecified atom stereocenters. The minimum atomic E-state index is 0. The molecule has 0 saturated carbocycles. The first-order valence-corrected chi connectivity index (χ1v) is 10.3. The number of amides is 1. The zero-order valence-corrected chi connectivity index (χ0v) is 17.9. The van der Waals surface area contributed by atoms with E-state index in [1.54, 1.807) is 0 Å². The van der Waals surface area contributed by atoms with Gasteiger partial charge in [0.1, 0.15) is 0 Å². The quantitative estimate of drug-likeness (QED) is 0.726. The van der Waals surface area contributed by atoms with Crippen LogP contribution >= 0.6 is 24.2 Å². The number of rotatable bonds is 5. The van der Waals surface area contributed by atoms with Crippen LogP contribution in [0.1, 0.15) is 40.4 Å².